The number of aromatic nitrogens is 1. The third-order valence-corrected chi connectivity index (χ3v) is 5.84. The van der Waals surface area contributed by atoms with Crippen LogP contribution in [-0.4, -0.2) is 41.3 Å². The van der Waals surface area contributed by atoms with Crippen LogP contribution in [0.2, 0.25) is 0 Å². The second kappa shape index (κ2) is 8.10. The van der Waals surface area contributed by atoms with Gasteiger partial charge in [-0.1, -0.05) is 6.92 Å². The zero-order valence-corrected chi connectivity index (χ0v) is 15.2. The van der Waals surface area contributed by atoms with Gasteiger partial charge in [-0.2, -0.15) is 0 Å². The van der Waals surface area contributed by atoms with E-state index in [1.54, 1.807) is 11.3 Å². The molecular formula is C18H27N3O2S. The second-order valence-corrected chi connectivity index (χ2v) is 7.81. The molecule has 1 aliphatic heterocycles. The van der Waals surface area contributed by atoms with Gasteiger partial charge >= 0.3 is 0 Å². The van der Waals surface area contributed by atoms with Gasteiger partial charge in [-0.3, -0.25) is 9.59 Å². The van der Waals surface area contributed by atoms with Gasteiger partial charge in [-0.25, -0.2) is 4.98 Å². The summed E-state index contributed by atoms with van der Waals surface area (Å²) in [5.74, 6) is 1.12. The molecule has 0 aromatic carbocycles. The monoisotopic (exact) mass is 349 g/mol. The van der Waals surface area contributed by atoms with Crippen molar-refractivity contribution in [2.75, 3.05) is 19.6 Å². The van der Waals surface area contributed by atoms with Crippen LogP contribution < -0.4 is 5.32 Å². The van der Waals surface area contributed by atoms with Crippen molar-refractivity contribution < 1.29 is 9.59 Å². The topological polar surface area (TPSA) is 62.3 Å². The molecule has 1 aliphatic carbocycles. The Labute approximate surface area is 147 Å². The molecular weight excluding hydrogens is 322 g/mol. The van der Waals surface area contributed by atoms with Gasteiger partial charge in [-0.05, 0) is 32.1 Å². The molecule has 0 radical (unpaired) electrons. The van der Waals surface area contributed by atoms with Crippen LogP contribution in [0.3, 0.4) is 0 Å². The zero-order chi connectivity index (χ0) is 16.9. The Kier molecular flexibility index (Phi) is 5.87. The number of hydrogen-bond donors (Lipinski definition) is 1. The lowest BCUT2D eigenvalue weighted by atomic mass is 9.98. The molecule has 1 N–H and O–H groups in total. The molecule has 2 fully saturated rings. The van der Waals surface area contributed by atoms with E-state index in [0.717, 1.165) is 62.3 Å². The Morgan fingerprint density at radius 2 is 2.21 bits per heavy atom. The first kappa shape index (κ1) is 17.4. The Balaban J connectivity index is 1.48. The van der Waals surface area contributed by atoms with Crippen molar-refractivity contribution in [3.8, 4) is 0 Å². The van der Waals surface area contributed by atoms with E-state index in [4.69, 9.17) is 4.98 Å². The van der Waals surface area contributed by atoms with Crippen molar-refractivity contribution in [1.29, 1.82) is 0 Å². The molecule has 1 aromatic rings. The average molecular weight is 350 g/mol. The first-order chi connectivity index (χ1) is 11.7. The largest absolute Gasteiger partial charge is 0.355 e. The molecule has 24 heavy (non-hydrogen) atoms. The summed E-state index contributed by atoms with van der Waals surface area (Å²) >= 11 is 1.70. The number of thiazole rings is 1. The molecule has 1 atom stereocenters. The van der Waals surface area contributed by atoms with Crippen LogP contribution >= 0.6 is 11.3 Å². The SMILES string of the molecule is CCCC(=O)N1CCC[C@@H](c2nc(CCNC(=O)C3CC3)cs2)C1. The summed E-state index contributed by atoms with van der Waals surface area (Å²) in [7, 11) is 0. The second-order valence-electron chi connectivity index (χ2n) is 6.92. The van der Waals surface area contributed by atoms with Crippen molar-refractivity contribution in [2.45, 2.75) is 57.8 Å². The fourth-order valence-corrected chi connectivity index (χ4v) is 4.19. The number of nitrogens with one attached hydrogen (secondary N) is 1. The summed E-state index contributed by atoms with van der Waals surface area (Å²) in [6, 6.07) is 0. The maximum atomic E-state index is 12.1. The van der Waals surface area contributed by atoms with Crippen LogP contribution in [-0.2, 0) is 16.0 Å². The van der Waals surface area contributed by atoms with E-state index < -0.39 is 0 Å². The van der Waals surface area contributed by atoms with Gasteiger partial charge in [-0.15, -0.1) is 11.3 Å². The van der Waals surface area contributed by atoms with Crippen molar-refractivity contribution in [3.63, 3.8) is 0 Å². The minimum absolute atomic E-state index is 0.197. The molecule has 2 amide bonds. The number of amides is 2. The first-order valence-corrected chi connectivity index (χ1v) is 10.0. The number of nitrogens with zero attached hydrogens (tertiary/aromatic N) is 2. The van der Waals surface area contributed by atoms with Gasteiger partial charge in [0.1, 0.15) is 0 Å². The minimum atomic E-state index is 0.197. The molecule has 1 aromatic heterocycles. The van der Waals surface area contributed by atoms with E-state index in [9.17, 15) is 9.59 Å². The van der Waals surface area contributed by atoms with Gasteiger partial charge in [0.05, 0.1) is 10.7 Å². The summed E-state index contributed by atoms with van der Waals surface area (Å²) < 4.78 is 0. The van der Waals surface area contributed by atoms with E-state index >= 15 is 0 Å². The molecule has 1 saturated carbocycles. The van der Waals surface area contributed by atoms with Crippen LogP contribution in [0, 0.1) is 5.92 Å². The van der Waals surface area contributed by atoms with Crippen molar-refractivity contribution >= 4 is 23.2 Å². The molecule has 2 aliphatic rings. The summed E-state index contributed by atoms with van der Waals surface area (Å²) in [5.41, 5.74) is 1.06. The summed E-state index contributed by atoms with van der Waals surface area (Å²) in [5, 5.41) is 6.24. The van der Waals surface area contributed by atoms with Crippen LogP contribution in [0.5, 0.6) is 0 Å². The molecule has 1 saturated heterocycles. The molecule has 0 bridgehead atoms. The molecule has 0 spiro atoms. The van der Waals surface area contributed by atoms with Gasteiger partial charge in [0.2, 0.25) is 11.8 Å². The van der Waals surface area contributed by atoms with Crippen molar-refractivity contribution in [3.05, 3.63) is 16.1 Å². The number of piperidine rings is 1. The third-order valence-electron chi connectivity index (χ3n) is 4.79. The van der Waals surface area contributed by atoms with E-state index in [-0.39, 0.29) is 17.7 Å². The highest BCUT2D eigenvalue weighted by atomic mass is 32.1. The zero-order valence-electron chi connectivity index (χ0n) is 14.4. The van der Waals surface area contributed by atoms with Gasteiger partial charge in [0.15, 0.2) is 0 Å². The molecule has 3 rings (SSSR count). The maximum absolute atomic E-state index is 12.1. The first-order valence-electron chi connectivity index (χ1n) is 9.17. The van der Waals surface area contributed by atoms with Crippen LogP contribution in [0.25, 0.3) is 0 Å². The molecule has 132 valence electrons. The molecule has 2 heterocycles. The van der Waals surface area contributed by atoms with Gasteiger partial charge < -0.3 is 10.2 Å². The summed E-state index contributed by atoms with van der Waals surface area (Å²) in [4.78, 5) is 30.5. The van der Waals surface area contributed by atoms with E-state index in [0.29, 0.717) is 18.9 Å². The number of carbonyl (C=O) groups excluding carboxylic acids is 2. The fraction of sp³-hybridized carbons (Fsp3) is 0.722. The summed E-state index contributed by atoms with van der Waals surface area (Å²) in [6.07, 6.45) is 6.61. The minimum Gasteiger partial charge on any atom is -0.355 e. The van der Waals surface area contributed by atoms with Gasteiger partial charge in [0, 0.05) is 49.7 Å². The van der Waals surface area contributed by atoms with E-state index in [1.807, 2.05) is 4.90 Å². The molecule has 6 heteroatoms. The highest BCUT2D eigenvalue weighted by Crippen LogP contribution is 2.30. The molecule has 5 nitrogen and oxygen atoms in total. The lowest BCUT2D eigenvalue weighted by Gasteiger charge is -2.31. The van der Waals surface area contributed by atoms with E-state index in [1.165, 1.54) is 0 Å². The Morgan fingerprint density at radius 3 is 2.96 bits per heavy atom. The Morgan fingerprint density at radius 1 is 1.38 bits per heavy atom. The average Bonchev–Trinajstić information content (AvgIpc) is 3.34. The quantitative estimate of drug-likeness (QED) is 0.823. The maximum Gasteiger partial charge on any atom is 0.223 e. The Hall–Kier alpha value is -1.43. The van der Waals surface area contributed by atoms with Crippen LogP contribution in [0.15, 0.2) is 5.38 Å². The Bertz CT molecular complexity index is 583. The standard InChI is InChI=1S/C18H27N3O2S/c1-2-4-16(22)21-10-3-5-14(11-21)18-20-15(12-24-18)8-9-19-17(23)13-6-7-13/h12-14H,2-11H2,1H3,(H,19,23)/t14-/m1/s1. The smallest absolute Gasteiger partial charge is 0.223 e. The highest BCUT2D eigenvalue weighted by Gasteiger charge is 2.29. The van der Waals surface area contributed by atoms with Crippen LogP contribution in [0.4, 0.5) is 0 Å². The van der Waals surface area contributed by atoms with Crippen molar-refractivity contribution in [1.82, 2.24) is 15.2 Å². The number of likely N-dealkylation sites (tertiary alicyclic amines) is 1. The molecule has 0 unspecified atom stereocenters. The fourth-order valence-electron chi connectivity index (χ4n) is 3.21. The lowest BCUT2D eigenvalue weighted by Crippen LogP contribution is -2.38. The van der Waals surface area contributed by atoms with Crippen molar-refractivity contribution in [2.24, 2.45) is 5.92 Å². The number of rotatable bonds is 7. The summed E-state index contributed by atoms with van der Waals surface area (Å²) in [6.45, 7) is 4.42. The van der Waals surface area contributed by atoms with E-state index in [2.05, 4.69) is 17.6 Å². The third kappa shape index (κ3) is 4.56. The normalized spacial score (nSPS) is 20.9. The van der Waals surface area contributed by atoms with Crippen LogP contribution in [0.1, 0.15) is 62.1 Å². The number of hydrogen-bond acceptors (Lipinski definition) is 4. The lowest BCUT2D eigenvalue weighted by molar-refractivity contribution is -0.132. The predicted octanol–water partition coefficient (Wildman–Crippen LogP) is 2.72. The predicted molar refractivity (Wildman–Crippen MR) is 95.0 cm³/mol. The van der Waals surface area contributed by atoms with Gasteiger partial charge in [0.25, 0.3) is 0 Å². The number of carbonyl (C=O) groups is 2. The highest BCUT2D eigenvalue weighted by molar-refractivity contribution is 7.09.